The van der Waals surface area contributed by atoms with Crippen molar-refractivity contribution in [3.05, 3.63) is 16.6 Å². The van der Waals surface area contributed by atoms with Crippen LogP contribution in [0.4, 0.5) is 0 Å². The molecule has 1 heterocycles. The molecule has 1 aromatic heterocycles. The van der Waals surface area contributed by atoms with E-state index < -0.39 is 0 Å². The highest BCUT2D eigenvalue weighted by molar-refractivity contribution is 7.07. The second-order valence-electron chi connectivity index (χ2n) is 5.15. The summed E-state index contributed by atoms with van der Waals surface area (Å²) in [5.74, 6) is 1.55. The van der Waals surface area contributed by atoms with Crippen LogP contribution in [0, 0.1) is 5.92 Å². The van der Waals surface area contributed by atoms with E-state index in [0.717, 1.165) is 18.4 Å². The lowest BCUT2D eigenvalue weighted by Gasteiger charge is -2.20. The van der Waals surface area contributed by atoms with Crippen molar-refractivity contribution in [1.29, 1.82) is 0 Å². The molecule has 1 aliphatic rings. The van der Waals surface area contributed by atoms with Gasteiger partial charge in [0.05, 0.1) is 11.2 Å². The third-order valence-electron chi connectivity index (χ3n) is 2.65. The lowest BCUT2D eigenvalue weighted by atomic mass is 10.1. The molecule has 1 saturated carbocycles. The number of hydrogen-bond acceptors (Lipinski definition) is 3. The van der Waals surface area contributed by atoms with E-state index in [9.17, 15) is 0 Å². The van der Waals surface area contributed by atoms with Gasteiger partial charge in [-0.05, 0) is 39.7 Å². The fraction of sp³-hybridized carbons (Fsp3) is 0.727. The minimum Gasteiger partial charge on any atom is -0.312 e. The minimum atomic E-state index is 0.245. The van der Waals surface area contributed by atoms with Crippen LogP contribution in [-0.4, -0.2) is 17.1 Å². The molecule has 3 heteroatoms. The molecule has 2 unspecified atom stereocenters. The summed E-state index contributed by atoms with van der Waals surface area (Å²) in [6.45, 7) is 7.78. The Morgan fingerprint density at radius 2 is 2.36 bits per heavy atom. The Morgan fingerprint density at radius 3 is 2.93 bits per heavy atom. The van der Waals surface area contributed by atoms with Crippen molar-refractivity contribution < 1.29 is 0 Å². The fourth-order valence-electron chi connectivity index (χ4n) is 1.68. The molecule has 0 spiro atoms. The van der Waals surface area contributed by atoms with Gasteiger partial charge in [-0.15, -0.1) is 11.3 Å². The topological polar surface area (TPSA) is 24.9 Å². The number of thiazole rings is 1. The second-order valence-corrected chi connectivity index (χ2v) is 5.87. The average Bonchev–Trinajstić information content (AvgIpc) is 2.65. The Kier molecular flexibility index (Phi) is 2.62. The van der Waals surface area contributed by atoms with E-state index in [1.165, 1.54) is 12.1 Å². The summed E-state index contributed by atoms with van der Waals surface area (Å²) < 4.78 is 0. The van der Waals surface area contributed by atoms with Gasteiger partial charge in [0, 0.05) is 16.8 Å². The molecule has 0 radical (unpaired) electrons. The van der Waals surface area contributed by atoms with Crippen LogP contribution in [-0.2, 0) is 0 Å². The van der Waals surface area contributed by atoms with Crippen LogP contribution >= 0.6 is 11.3 Å². The maximum absolute atomic E-state index is 4.36. The Balaban J connectivity index is 1.78. The van der Waals surface area contributed by atoms with E-state index in [0.29, 0.717) is 0 Å². The summed E-state index contributed by atoms with van der Waals surface area (Å²) in [6.07, 6.45) is 1.31. The molecule has 0 bridgehead atoms. The first-order valence-electron chi connectivity index (χ1n) is 5.19. The predicted octanol–water partition coefficient (Wildman–Crippen LogP) is 2.63. The Bertz CT molecular complexity index is 287. The lowest BCUT2D eigenvalue weighted by molar-refractivity contribution is 0.414. The Morgan fingerprint density at radius 1 is 1.57 bits per heavy atom. The maximum atomic E-state index is 4.36. The third-order valence-corrected chi connectivity index (χ3v) is 3.25. The highest BCUT2D eigenvalue weighted by Crippen LogP contribution is 2.46. The van der Waals surface area contributed by atoms with Crippen LogP contribution in [0.5, 0.6) is 0 Å². The third kappa shape index (κ3) is 2.55. The van der Waals surface area contributed by atoms with E-state index >= 15 is 0 Å². The summed E-state index contributed by atoms with van der Waals surface area (Å²) in [6, 6.07) is 0. The van der Waals surface area contributed by atoms with Gasteiger partial charge in [0.15, 0.2) is 0 Å². The molecule has 2 rings (SSSR count). The van der Waals surface area contributed by atoms with Gasteiger partial charge in [-0.3, -0.25) is 0 Å². The van der Waals surface area contributed by atoms with Gasteiger partial charge in [0.1, 0.15) is 0 Å². The quantitative estimate of drug-likeness (QED) is 0.829. The first kappa shape index (κ1) is 10.1. The van der Waals surface area contributed by atoms with Crippen molar-refractivity contribution >= 4 is 11.3 Å². The largest absolute Gasteiger partial charge is 0.312 e. The fourth-order valence-corrected chi connectivity index (χ4v) is 2.30. The van der Waals surface area contributed by atoms with Crippen molar-refractivity contribution in [2.24, 2.45) is 5.92 Å². The molecule has 1 aromatic rings. The van der Waals surface area contributed by atoms with Gasteiger partial charge < -0.3 is 5.32 Å². The molecule has 1 N–H and O–H groups in total. The Labute approximate surface area is 89.8 Å². The van der Waals surface area contributed by atoms with Gasteiger partial charge >= 0.3 is 0 Å². The molecule has 0 aliphatic heterocycles. The molecule has 0 saturated heterocycles. The first-order valence-corrected chi connectivity index (χ1v) is 6.14. The monoisotopic (exact) mass is 210 g/mol. The highest BCUT2D eigenvalue weighted by Gasteiger charge is 2.39. The van der Waals surface area contributed by atoms with Crippen LogP contribution in [0.25, 0.3) is 0 Å². The zero-order chi connectivity index (χ0) is 10.2. The number of hydrogen-bond donors (Lipinski definition) is 1. The second kappa shape index (κ2) is 3.63. The standard InChI is InChI=1S/C11H18N2S/c1-11(2,3)13-5-8-4-9(8)10-6-14-7-12-10/h6-9,13H,4-5H2,1-3H3. The minimum absolute atomic E-state index is 0.245. The van der Waals surface area contributed by atoms with Gasteiger partial charge in [0.2, 0.25) is 0 Å². The number of rotatable bonds is 3. The zero-order valence-electron chi connectivity index (χ0n) is 9.08. The molecule has 1 fully saturated rings. The molecule has 2 atom stereocenters. The van der Waals surface area contributed by atoms with Gasteiger partial charge in [-0.1, -0.05) is 0 Å². The van der Waals surface area contributed by atoms with Crippen molar-refractivity contribution in [2.45, 2.75) is 38.6 Å². The van der Waals surface area contributed by atoms with E-state index in [1.54, 1.807) is 11.3 Å². The molecule has 0 aromatic carbocycles. The van der Waals surface area contributed by atoms with Crippen LogP contribution in [0.1, 0.15) is 38.8 Å². The smallest absolute Gasteiger partial charge is 0.0794 e. The van der Waals surface area contributed by atoms with Crippen LogP contribution in [0.2, 0.25) is 0 Å². The van der Waals surface area contributed by atoms with Crippen molar-refractivity contribution in [3.8, 4) is 0 Å². The SMILES string of the molecule is CC(C)(C)NCC1CC1c1cscn1. The van der Waals surface area contributed by atoms with Crippen molar-refractivity contribution in [1.82, 2.24) is 10.3 Å². The lowest BCUT2D eigenvalue weighted by Crippen LogP contribution is -2.37. The normalized spacial score (nSPS) is 26.5. The molecule has 2 nitrogen and oxygen atoms in total. The highest BCUT2D eigenvalue weighted by atomic mass is 32.1. The number of nitrogens with zero attached hydrogens (tertiary/aromatic N) is 1. The van der Waals surface area contributed by atoms with Gasteiger partial charge in [-0.2, -0.15) is 0 Å². The van der Waals surface area contributed by atoms with E-state index in [2.05, 4.69) is 36.5 Å². The summed E-state index contributed by atoms with van der Waals surface area (Å²) in [5.41, 5.74) is 3.48. The summed E-state index contributed by atoms with van der Waals surface area (Å²) >= 11 is 1.70. The van der Waals surface area contributed by atoms with E-state index in [4.69, 9.17) is 0 Å². The summed E-state index contributed by atoms with van der Waals surface area (Å²) in [5, 5.41) is 5.73. The van der Waals surface area contributed by atoms with Gasteiger partial charge in [-0.25, -0.2) is 4.98 Å². The van der Waals surface area contributed by atoms with E-state index in [-0.39, 0.29) is 5.54 Å². The zero-order valence-corrected chi connectivity index (χ0v) is 9.90. The predicted molar refractivity (Wildman–Crippen MR) is 60.7 cm³/mol. The van der Waals surface area contributed by atoms with Gasteiger partial charge in [0.25, 0.3) is 0 Å². The van der Waals surface area contributed by atoms with Crippen LogP contribution < -0.4 is 5.32 Å². The molecular formula is C11H18N2S. The number of nitrogens with one attached hydrogen (secondary N) is 1. The molecule has 78 valence electrons. The van der Waals surface area contributed by atoms with Crippen LogP contribution in [0.15, 0.2) is 10.9 Å². The first-order chi connectivity index (χ1) is 6.56. The van der Waals surface area contributed by atoms with Crippen molar-refractivity contribution in [3.63, 3.8) is 0 Å². The van der Waals surface area contributed by atoms with E-state index in [1.807, 2.05) is 5.51 Å². The maximum Gasteiger partial charge on any atom is 0.0794 e. The Hall–Kier alpha value is -0.410. The summed E-state index contributed by atoms with van der Waals surface area (Å²) in [4.78, 5) is 4.36. The summed E-state index contributed by atoms with van der Waals surface area (Å²) in [7, 11) is 0. The molecular weight excluding hydrogens is 192 g/mol. The molecule has 1 aliphatic carbocycles. The number of aromatic nitrogens is 1. The van der Waals surface area contributed by atoms with Crippen molar-refractivity contribution in [2.75, 3.05) is 6.54 Å². The molecule has 14 heavy (non-hydrogen) atoms. The van der Waals surface area contributed by atoms with Crippen LogP contribution in [0.3, 0.4) is 0 Å². The molecule has 0 amide bonds. The average molecular weight is 210 g/mol.